The first-order valence-corrected chi connectivity index (χ1v) is 7.53. The average molecular weight is 341 g/mol. The number of nitrogens with one attached hydrogen (secondary N) is 1. The molecule has 0 aliphatic carbocycles. The van der Waals surface area contributed by atoms with Crippen molar-refractivity contribution in [1.82, 2.24) is 20.4 Å². The van der Waals surface area contributed by atoms with Crippen LogP contribution in [0.2, 0.25) is 5.02 Å². The van der Waals surface area contributed by atoms with Gasteiger partial charge in [-0.3, -0.25) is 9.78 Å². The fourth-order valence-corrected chi connectivity index (χ4v) is 2.13. The van der Waals surface area contributed by atoms with Crippen molar-refractivity contribution in [1.29, 1.82) is 0 Å². The summed E-state index contributed by atoms with van der Waals surface area (Å²) >= 11 is 5.93. The second kappa shape index (κ2) is 7.52. The lowest BCUT2D eigenvalue weighted by Gasteiger charge is -1.97. The summed E-state index contributed by atoms with van der Waals surface area (Å²) in [4.78, 5) is 19.9. The van der Waals surface area contributed by atoms with E-state index in [0.29, 0.717) is 16.7 Å². The Hall–Kier alpha value is -2.99. The lowest BCUT2D eigenvalue weighted by Crippen LogP contribution is -2.20. The number of aromatic nitrogens is 3. The molecule has 2 aromatic heterocycles. The molecule has 0 bridgehead atoms. The summed E-state index contributed by atoms with van der Waals surface area (Å²) in [6.07, 6.45) is 6.45. The molecule has 3 aromatic rings. The van der Waals surface area contributed by atoms with Crippen molar-refractivity contribution in [2.75, 3.05) is 0 Å². The molecule has 0 unspecified atom stereocenters. The van der Waals surface area contributed by atoms with E-state index >= 15 is 0 Å². The van der Waals surface area contributed by atoms with Crippen LogP contribution < -0.4 is 5.32 Å². The van der Waals surface area contributed by atoms with Crippen molar-refractivity contribution >= 4 is 23.6 Å². The topological polar surface area (TPSA) is 80.9 Å². The average Bonchev–Trinajstić information content (AvgIpc) is 3.08. The Morgan fingerprint density at radius 2 is 2.08 bits per heavy atom. The van der Waals surface area contributed by atoms with Crippen LogP contribution in [0.1, 0.15) is 11.5 Å². The maximum atomic E-state index is 11.8. The highest BCUT2D eigenvalue weighted by atomic mass is 35.5. The van der Waals surface area contributed by atoms with Crippen LogP contribution in [0.3, 0.4) is 0 Å². The van der Waals surface area contributed by atoms with Gasteiger partial charge < -0.3 is 9.84 Å². The number of nitrogens with zero attached hydrogens (tertiary/aromatic N) is 3. The van der Waals surface area contributed by atoms with Crippen LogP contribution in [0.5, 0.6) is 0 Å². The molecule has 0 aliphatic rings. The minimum Gasteiger partial charge on any atom is -0.343 e. The molecule has 2 heterocycles. The van der Waals surface area contributed by atoms with E-state index < -0.39 is 0 Å². The molecule has 0 aliphatic heterocycles. The number of rotatable bonds is 5. The van der Waals surface area contributed by atoms with Crippen molar-refractivity contribution in [2.24, 2.45) is 0 Å². The summed E-state index contributed by atoms with van der Waals surface area (Å²) in [5.74, 6) is 0.485. The lowest BCUT2D eigenvalue weighted by molar-refractivity contribution is -0.116. The Kier molecular flexibility index (Phi) is 4.98. The molecule has 1 N–H and O–H groups in total. The zero-order chi connectivity index (χ0) is 16.8. The van der Waals surface area contributed by atoms with Gasteiger partial charge in [-0.15, -0.1) is 0 Å². The maximum absolute atomic E-state index is 11.8. The number of amides is 1. The molecule has 0 saturated carbocycles. The number of carbonyl (C=O) groups is 1. The van der Waals surface area contributed by atoms with Gasteiger partial charge in [-0.25, -0.2) is 0 Å². The van der Waals surface area contributed by atoms with Gasteiger partial charge in [0.1, 0.15) is 0 Å². The molecule has 120 valence electrons. The highest BCUT2D eigenvalue weighted by molar-refractivity contribution is 6.30. The quantitative estimate of drug-likeness (QED) is 0.722. The first kappa shape index (κ1) is 15.9. The summed E-state index contributed by atoms with van der Waals surface area (Å²) in [6.45, 7) is 0.146. The second-order valence-corrected chi connectivity index (χ2v) is 5.29. The largest absolute Gasteiger partial charge is 0.343 e. The molecule has 1 aromatic carbocycles. The van der Waals surface area contributed by atoms with Gasteiger partial charge in [0.2, 0.25) is 17.6 Å². The predicted octanol–water partition coefficient (Wildman–Crippen LogP) is 3.11. The molecule has 0 radical (unpaired) electrons. The molecular formula is C17H13ClN4O2. The molecule has 3 rings (SSSR count). The van der Waals surface area contributed by atoms with Crippen molar-refractivity contribution in [2.45, 2.75) is 6.54 Å². The number of hydrogen-bond donors (Lipinski definition) is 1. The predicted molar refractivity (Wildman–Crippen MR) is 89.9 cm³/mol. The van der Waals surface area contributed by atoms with Crippen LogP contribution in [-0.4, -0.2) is 21.0 Å². The number of pyridine rings is 1. The van der Waals surface area contributed by atoms with E-state index in [9.17, 15) is 4.79 Å². The van der Waals surface area contributed by atoms with Gasteiger partial charge in [0.05, 0.1) is 6.54 Å². The Morgan fingerprint density at radius 3 is 2.88 bits per heavy atom. The maximum Gasteiger partial charge on any atom is 0.246 e. The van der Waals surface area contributed by atoms with E-state index in [-0.39, 0.29) is 12.5 Å². The van der Waals surface area contributed by atoms with Gasteiger partial charge in [0.15, 0.2) is 0 Å². The van der Waals surface area contributed by atoms with Crippen LogP contribution in [-0.2, 0) is 11.3 Å². The number of halogens is 1. The first-order valence-electron chi connectivity index (χ1n) is 7.15. The molecule has 0 saturated heterocycles. The number of hydrogen-bond acceptors (Lipinski definition) is 5. The van der Waals surface area contributed by atoms with Crippen LogP contribution in [0.4, 0.5) is 0 Å². The van der Waals surface area contributed by atoms with E-state index in [4.69, 9.17) is 16.1 Å². The van der Waals surface area contributed by atoms with E-state index in [1.165, 1.54) is 6.08 Å². The summed E-state index contributed by atoms with van der Waals surface area (Å²) in [5, 5.41) is 7.15. The molecule has 1 amide bonds. The van der Waals surface area contributed by atoms with Gasteiger partial charge in [-0.05, 0) is 35.9 Å². The minimum absolute atomic E-state index is 0.146. The van der Waals surface area contributed by atoms with Crippen LogP contribution >= 0.6 is 11.6 Å². The molecule has 0 spiro atoms. The Morgan fingerprint density at radius 1 is 1.25 bits per heavy atom. The van der Waals surface area contributed by atoms with E-state index in [1.807, 2.05) is 6.07 Å². The van der Waals surface area contributed by atoms with E-state index in [0.717, 1.165) is 11.1 Å². The van der Waals surface area contributed by atoms with Gasteiger partial charge >= 0.3 is 0 Å². The molecule has 0 fully saturated rings. The van der Waals surface area contributed by atoms with Crippen molar-refractivity contribution in [3.05, 3.63) is 71.3 Å². The van der Waals surface area contributed by atoms with E-state index in [2.05, 4.69) is 20.4 Å². The molecule has 24 heavy (non-hydrogen) atoms. The summed E-state index contributed by atoms with van der Waals surface area (Å²) in [7, 11) is 0. The molecule has 7 heteroatoms. The zero-order valence-corrected chi connectivity index (χ0v) is 13.3. The fourth-order valence-electron chi connectivity index (χ4n) is 1.94. The Balaban J connectivity index is 1.57. The Labute approximate surface area is 143 Å². The standard InChI is InChI=1S/C17H13ClN4O2/c18-14-3-1-2-13(10-14)17-21-16(24-22-17)11-20-15(23)5-4-12-6-8-19-9-7-12/h1-10H,11H2,(H,20,23)/b5-4+. The highest BCUT2D eigenvalue weighted by Gasteiger charge is 2.09. The third kappa shape index (κ3) is 4.27. The van der Waals surface area contributed by atoms with Crippen molar-refractivity contribution in [3.63, 3.8) is 0 Å². The zero-order valence-electron chi connectivity index (χ0n) is 12.5. The monoisotopic (exact) mass is 340 g/mol. The van der Waals surface area contributed by atoms with Crippen molar-refractivity contribution < 1.29 is 9.32 Å². The highest BCUT2D eigenvalue weighted by Crippen LogP contribution is 2.19. The first-order chi connectivity index (χ1) is 11.7. The van der Waals surface area contributed by atoms with Crippen LogP contribution in [0.25, 0.3) is 17.5 Å². The summed E-state index contributed by atoms with van der Waals surface area (Å²) in [5.41, 5.74) is 1.64. The molecular weight excluding hydrogens is 328 g/mol. The van der Waals surface area contributed by atoms with Gasteiger partial charge in [-0.1, -0.05) is 28.9 Å². The Bertz CT molecular complexity index is 862. The van der Waals surface area contributed by atoms with Crippen molar-refractivity contribution in [3.8, 4) is 11.4 Å². The summed E-state index contributed by atoms with van der Waals surface area (Å²) < 4.78 is 5.12. The second-order valence-electron chi connectivity index (χ2n) is 4.85. The minimum atomic E-state index is -0.255. The van der Waals surface area contributed by atoms with Gasteiger partial charge in [-0.2, -0.15) is 4.98 Å². The normalized spacial score (nSPS) is 10.9. The van der Waals surface area contributed by atoms with E-state index in [1.54, 1.807) is 48.8 Å². The number of carbonyl (C=O) groups excluding carboxylic acids is 1. The van der Waals surface area contributed by atoms with Gasteiger partial charge in [0, 0.05) is 29.1 Å². The summed E-state index contributed by atoms with van der Waals surface area (Å²) in [6, 6.07) is 10.8. The van der Waals surface area contributed by atoms with Crippen LogP contribution in [0.15, 0.2) is 59.4 Å². The third-order valence-corrected chi connectivity index (χ3v) is 3.33. The van der Waals surface area contributed by atoms with Gasteiger partial charge in [0.25, 0.3) is 0 Å². The SMILES string of the molecule is O=C(/C=C/c1ccncc1)NCc1nc(-c2cccc(Cl)c2)no1. The molecule has 6 nitrogen and oxygen atoms in total. The molecule has 0 atom stereocenters. The number of benzene rings is 1. The van der Waals surface area contributed by atoms with Crippen LogP contribution in [0, 0.1) is 0 Å². The smallest absolute Gasteiger partial charge is 0.246 e. The lowest BCUT2D eigenvalue weighted by atomic mass is 10.2. The fraction of sp³-hybridized carbons (Fsp3) is 0.0588. The third-order valence-electron chi connectivity index (χ3n) is 3.10.